The molecule has 0 aromatic heterocycles. The lowest BCUT2D eigenvalue weighted by Gasteiger charge is -2.14. The largest absolute Gasteiger partial charge is 0.459 e. The molecule has 2 rings (SSSR count). The van der Waals surface area contributed by atoms with Gasteiger partial charge in [-0.2, -0.15) is 0 Å². The van der Waals surface area contributed by atoms with Crippen LogP contribution in [-0.4, -0.2) is 25.3 Å². The molecule has 1 aromatic carbocycles. The number of epoxide rings is 1. The average Bonchev–Trinajstić information content (AvgIpc) is 3.20. The van der Waals surface area contributed by atoms with E-state index in [1.807, 2.05) is 24.3 Å². The van der Waals surface area contributed by atoms with Crippen LogP contribution in [0.15, 0.2) is 24.3 Å². The maximum atomic E-state index is 12.0. The topological polar surface area (TPSA) is 38.8 Å². The lowest BCUT2D eigenvalue weighted by Crippen LogP contribution is -2.13. The summed E-state index contributed by atoms with van der Waals surface area (Å²) in [6, 6.07) is 7.72. The van der Waals surface area contributed by atoms with Crippen LogP contribution < -0.4 is 0 Å². The monoisotopic (exact) mass is 248 g/mol. The molecule has 1 fully saturated rings. The molecule has 3 heteroatoms. The fourth-order valence-corrected chi connectivity index (χ4v) is 2.11. The van der Waals surface area contributed by atoms with Crippen molar-refractivity contribution in [3.05, 3.63) is 35.4 Å². The third-order valence-electron chi connectivity index (χ3n) is 3.24. The highest BCUT2D eigenvalue weighted by atomic mass is 16.6. The van der Waals surface area contributed by atoms with E-state index in [4.69, 9.17) is 9.47 Å². The van der Waals surface area contributed by atoms with E-state index in [-0.39, 0.29) is 12.1 Å². The summed E-state index contributed by atoms with van der Waals surface area (Å²) in [6.07, 6.45) is 2.31. The second kappa shape index (κ2) is 6.01. The Bertz CT molecular complexity index is 410. The number of esters is 1. The zero-order chi connectivity index (χ0) is 13.0. The van der Waals surface area contributed by atoms with Crippen molar-refractivity contribution in [1.82, 2.24) is 0 Å². The van der Waals surface area contributed by atoms with Gasteiger partial charge in [0.1, 0.15) is 12.7 Å². The predicted octanol–water partition coefficient (Wildman–Crippen LogP) is 3.15. The van der Waals surface area contributed by atoms with Crippen LogP contribution in [0.2, 0.25) is 0 Å². The van der Waals surface area contributed by atoms with Crippen LogP contribution in [0, 0.1) is 0 Å². The minimum absolute atomic E-state index is 0.120. The van der Waals surface area contributed by atoms with Crippen LogP contribution in [0.4, 0.5) is 0 Å². The molecule has 1 aromatic rings. The Hall–Kier alpha value is -1.35. The highest BCUT2D eigenvalue weighted by molar-refractivity contribution is 5.91. The van der Waals surface area contributed by atoms with Crippen LogP contribution in [0.5, 0.6) is 0 Å². The summed E-state index contributed by atoms with van der Waals surface area (Å²) in [7, 11) is 0. The number of ether oxygens (including phenoxy) is 2. The number of rotatable bonds is 6. The molecule has 0 radical (unpaired) electrons. The van der Waals surface area contributed by atoms with E-state index in [0.717, 1.165) is 18.4 Å². The Morgan fingerprint density at radius 2 is 2.22 bits per heavy atom. The fourth-order valence-electron chi connectivity index (χ4n) is 2.11. The fraction of sp³-hybridized carbons (Fsp3) is 0.533. The molecule has 1 aliphatic rings. The summed E-state index contributed by atoms with van der Waals surface area (Å²) in [5.41, 5.74) is 1.78. The molecule has 98 valence electrons. The second-order valence-corrected chi connectivity index (χ2v) is 4.83. The molecular weight excluding hydrogens is 228 g/mol. The quantitative estimate of drug-likeness (QED) is 0.573. The highest BCUT2D eigenvalue weighted by Crippen LogP contribution is 2.25. The van der Waals surface area contributed by atoms with Gasteiger partial charge in [-0.05, 0) is 24.0 Å². The Morgan fingerprint density at radius 1 is 1.50 bits per heavy atom. The van der Waals surface area contributed by atoms with Crippen molar-refractivity contribution in [3.8, 4) is 0 Å². The molecule has 1 saturated heterocycles. The van der Waals surface area contributed by atoms with Crippen LogP contribution in [-0.2, 0) is 9.47 Å². The van der Waals surface area contributed by atoms with Crippen molar-refractivity contribution in [2.45, 2.75) is 38.7 Å². The minimum atomic E-state index is -0.232. The summed E-state index contributed by atoms with van der Waals surface area (Å²) in [5, 5.41) is 0. The van der Waals surface area contributed by atoms with Crippen molar-refractivity contribution >= 4 is 5.97 Å². The van der Waals surface area contributed by atoms with E-state index in [1.54, 1.807) is 0 Å². The van der Waals surface area contributed by atoms with Crippen molar-refractivity contribution in [3.63, 3.8) is 0 Å². The zero-order valence-corrected chi connectivity index (χ0v) is 11.0. The molecule has 1 aliphatic heterocycles. The van der Waals surface area contributed by atoms with Gasteiger partial charge in [-0.3, -0.25) is 0 Å². The molecule has 2 atom stereocenters. The first-order valence-corrected chi connectivity index (χ1v) is 6.60. The van der Waals surface area contributed by atoms with Gasteiger partial charge in [0.05, 0.1) is 12.2 Å². The van der Waals surface area contributed by atoms with Gasteiger partial charge in [-0.1, -0.05) is 38.5 Å². The van der Waals surface area contributed by atoms with Gasteiger partial charge in [0.25, 0.3) is 0 Å². The average molecular weight is 248 g/mol. The lowest BCUT2D eigenvalue weighted by atomic mass is 9.92. The molecule has 18 heavy (non-hydrogen) atoms. The Balaban J connectivity index is 2.07. The predicted molar refractivity (Wildman–Crippen MR) is 69.8 cm³/mol. The molecular formula is C15H20O3. The van der Waals surface area contributed by atoms with Crippen LogP contribution in [0.3, 0.4) is 0 Å². The van der Waals surface area contributed by atoms with Gasteiger partial charge in [0.15, 0.2) is 0 Å². The number of hydrogen-bond acceptors (Lipinski definition) is 3. The van der Waals surface area contributed by atoms with E-state index in [9.17, 15) is 4.79 Å². The zero-order valence-electron chi connectivity index (χ0n) is 11.0. The SMILES string of the molecule is CCCC(C)c1ccccc1C(=O)OCC1CO1. The van der Waals surface area contributed by atoms with Gasteiger partial charge in [-0.25, -0.2) is 4.79 Å². The van der Waals surface area contributed by atoms with Gasteiger partial charge in [0, 0.05) is 0 Å². The van der Waals surface area contributed by atoms with Gasteiger partial charge >= 0.3 is 5.97 Å². The number of carbonyl (C=O) groups excluding carboxylic acids is 1. The molecule has 0 N–H and O–H groups in total. The molecule has 0 saturated carbocycles. The summed E-state index contributed by atoms with van der Waals surface area (Å²) in [4.78, 5) is 12.0. The smallest absolute Gasteiger partial charge is 0.338 e. The molecule has 0 aliphatic carbocycles. The lowest BCUT2D eigenvalue weighted by molar-refractivity contribution is 0.0475. The Kier molecular flexibility index (Phi) is 4.37. The summed E-state index contributed by atoms with van der Waals surface area (Å²) in [6.45, 7) is 5.39. The standard InChI is InChI=1S/C15H20O3/c1-3-6-11(2)13-7-4-5-8-14(13)15(16)18-10-12-9-17-12/h4-5,7-8,11-12H,3,6,9-10H2,1-2H3. The number of hydrogen-bond donors (Lipinski definition) is 0. The normalized spacial score (nSPS) is 19.3. The van der Waals surface area contributed by atoms with Crippen molar-refractivity contribution in [2.24, 2.45) is 0 Å². The third-order valence-corrected chi connectivity index (χ3v) is 3.24. The third kappa shape index (κ3) is 3.33. The molecule has 1 heterocycles. The van der Waals surface area contributed by atoms with E-state index in [2.05, 4.69) is 13.8 Å². The molecule has 0 amide bonds. The number of benzene rings is 1. The summed E-state index contributed by atoms with van der Waals surface area (Å²) >= 11 is 0. The van der Waals surface area contributed by atoms with Gasteiger partial charge in [0.2, 0.25) is 0 Å². The summed E-state index contributed by atoms with van der Waals surface area (Å²) in [5.74, 6) is 0.153. The minimum Gasteiger partial charge on any atom is -0.459 e. The van der Waals surface area contributed by atoms with E-state index in [0.29, 0.717) is 24.7 Å². The number of carbonyl (C=O) groups is 1. The van der Waals surface area contributed by atoms with E-state index in [1.165, 1.54) is 0 Å². The molecule has 3 nitrogen and oxygen atoms in total. The maximum absolute atomic E-state index is 12.0. The van der Waals surface area contributed by atoms with Crippen molar-refractivity contribution < 1.29 is 14.3 Å². The van der Waals surface area contributed by atoms with Gasteiger partial charge in [-0.15, -0.1) is 0 Å². The van der Waals surface area contributed by atoms with Crippen LogP contribution in [0.25, 0.3) is 0 Å². The highest BCUT2D eigenvalue weighted by Gasteiger charge is 2.25. The first kappa shape index (κ1) is 13.1. The Labute approximate surface area is 108 Å². The van der Waals surface area contributed by atoms with Crippen molar-refractivity contribution in [1.29, 1.82) is 0 Å². The van der Waals surface area contributed by atoms with E-state index >= 15 is 0 Å². The molecule has 0 spiro atoms. The molecule has 2 unspecified atom stereocenters. The Morgan fingerprint density at radius 3 is 2.89 bits per heavy atom. The van der Waals surface area contributed by atoms with E-state index < -0.39 is 0 Å². The van der Waals surface area contributed by atoms with Gasteiger partial charge < -0.3 is 9.47 Å². The van der Waals surface area contributed by atoms with Crippen LogP contribution >= 0.6 is 0 Å². The maximum Gasteiger partial charge on any atom is 0.338 e. The first-order valence-electron chi connectivity index (χ1n) is 6.60. The summed E-state index contributed by atoms with van der Waals surface area (Å²) < 4.78 is 10.3. The molecule has 0 bridgehead atoms. The first-order chi connectivity index (χ1) is 8.72. The second-order valence-electron chi connectivity index (χ2n) is 4.83. The van der Waals surface area contributed by atoms with Crippen molar-refractivity contribution in [2.75, 3.05) is 13.2 Å². The van der Waals surface area contributed by atoms with Crippen LogP contribution in [0.1, 0.15) is 48.5 Å².